The minimum Gasteiger partial charge on any atom is -0.367 e. The Morgan fingerprint density at radius 3 is 2.66 bits per heavy atom. The van der Waals surface area contributed by atoms with Crippen LogP contribution in [0.3, 0.4) is 0 Å². The number of rotatable bonds is 6. The smallest absolute Gasteiger partial charge is 0.367 e. The first-order valence-electron chi connectivity index (χ1n) is 11.7. The molecule has 1 saturated heterocycles. The quantitative estimate of drug-likeness (QED) is 0.318. The van der Waals surface area contributed by atoms with Crippen molar-refractivity contribution in [3.8, 4) is 11.3 Å². The van der Waals surface area contributed by atoms with Crippen LogP contribution in [0.4, 0.5) is 28.6 Å². The molecule has 3 aromatic heterocycles. The van der Waals surface area contributed by atoms with E-state index in [2.05, 4.69) is 20.1 Å². The Morgan fingerprint density at radius 2 is 1.97 bits per heavy atom. The Kier molecular flexibility index (Phi) is 6.96. The minimum atomic E-state index is -4.66. The molecule has 0 aliphatic carbocycles. The molecule has 5 rings (SSSR count). The van der Waals surface area contributed by atoms with E-state index in [9.17, 15) is 13.2 Å². The molecule has 1 aliphatic rings. The second kappa shape index (κ2) is 10.1. The summed E-state index contributed by atoms with van der Waals surface area (Å²) in [7, 11) is 5.19. The third-order valence-corrected chi connectivity index (χ3v) is 7.21. The number of morpholine rings is 1. The van der Waals surface area contributed by atoms with Gasteiger partial charge < -0.3 is 19.3 Å². The van der Waals surface area contributed by atoms with E-state index in [-0.39, 0.29) is 29.4 Å². The molecule has 0 bridgehead atoms. The number of fused-ring (bicyclic) bond motifs is 1. The van der Waals surface area contributed by atoms with Gasteiger partial charge in [0.1, 0.15) is 23.4 Å². The molecule has 4 heterocycles. The van der Waals surface area contributed by atoms with Gasteiger partial charge in [0.15, 0.2) is 10.8 Å². The average molecular weight is 552 g/mol. The van der Waals surface area contributed by atoms with Gasteiger partial charge in [0.2, 0.25) is 5.95 Å². The molecule has 1 aromatic carbocycles. The fourth-order valence-corrected chi connectivity index (χ4v) is 5.18. The summed E-state index contributed by atoms with van der Waals surface area (Å²) >= 11 is 1.24. The molecule has 0 amide bonds. The van der Waals surface area contributed by atoms with Gasteiger partial charge in [0.25, 0.3) is 0 Å². The molecule has 1 fully saturated rings. The van der Waals surface area contributed by atoms with Gasteiger partial charge in [-0.2, -0.15) is 28.2 Å². The molecule has 38 heavy (non-hydrogen) atoms. The zero-order valence-corrected chi connectivity index (χ0v) is 21.8. The molecule has 4 aromatic rings. The molecule has 0 spiro atoms. The lowest BCUT2D eigenvalue weighted by Gasteiger charge is -2.36. The van der Waals surface area contributed by atoms with E-state index in [4.69, 9.17) is 9.47 Å². The minimum absolute atomic E-state index is 0.0562. The predicted octanol–water partition coefficient (Wildman–Crippen LogP) is 4.74. The molecular weight excluding hydrogens is 526 g/mol. The van der Waals surface area contributed by atoms with Crippen LogP contribution in [-0.2, 0) is 22.4 Å². The molecule has 0 radical (unpaired) electrons. The summed E-state index contributed by atoms with van der Waals surface area (Å²) in [6.07, 6.45) is -1.66. The van der Waals surface area contributed by atoms with Gasteiger partial charge in [0, 0.05) is 45.1 Å². The van der Waals surface area contributed by atoms with Crippen LogP contribution in [0.5, 0.6) is 0 Å². The average Bonchev–Trinajstić information content (AvgIpc) is 3.50. The lowest BCUT2D eigenvalue weighted by Crippen LogP contribution is -2.43. The second-order valence-corrected chi connectivity index (χ2v) is 10.2. The summed E-state index contributed by atoms with van der Waals surface area (Å²) in [6.45, 7) is 3.05. The summed E-state index contributed by atoms with van der Waals surface area (Å²) in [6, 6.07) is 2.44. The number of nitrogens with zero attached hydrogens (tertiary/aromatic N) is 7. The Labute approximate surface area is 219 Å². The third kappa shape index (κ3) is 5.15. The number of benzene rings is 1. The summed E-state index contributed by atoms with van der Waals surface area (Å²) in [5.74, 6) is -0.740. The first-order valence-corrected chi connectivity index (χ1v) is 12.5. The Morgan fingerprint density at radius 1 is 1.18 bits per heavy atom. The van der Waals surface area contributed by atoms with Crippen molar-refractivity contribution in [1.29, 1.82) is 0 Å². The van der Waals surface area contributed by atoms with Gasteiger partial charge in [-0.15, -0.1) is 0 Å². The van der Waals surface area contributed by atoms with E-state index in [0.29, 0.717) is 41.4 Å². The van der Waals surface area contributed by atoms with Gasteiger partial charge >= 0.3 is 6.18 Å². The highest BCUT2D eigenvalue weighted by Gasteiger charge is 2.33. The number of alkyl halides is 3. The SMILES string of the molecule is COCn1cc([C@H]2CN(c3nc(-c4ccc(C(F)(F)F)cc4F)c4sc(N(C)C)nc4n3)C[C@H](C)O2)cn1. The number of methoxy groups -OCH3 is 1. The van der Waals surface area contributed by atoms with Gasteiger partial charge in [-0.25, -0.2) is 14.1 Å². The zero-order valence-electron chi connectivity index (χ0n) is 21.0. The molecule has 0 saturated carbocycles. The highest BCUT2D eigenvalue weighted by Crippen LogP contribution is 2.39. The van der Waals surface area contributed by atoms with E-state index >= 15 is 4.39 Å². The largest absolute Gasteiger partial charge is 0.416 e. The van der Waals surface area contributed by atoms with E-state index in [1.54, 1.807) is 22.9 Å². The molecule has 14 heteroatoms. The van der Waals surface area contributed by atoms with Crippen molar-refractivity contribution in [3.63, 3.8) is 0 Å². The molecule has 0 N–H and O–H groups in total. The topological polar surface area (TPSA) is 81.4 Å². The Bertz CT molecular complexity index is 1460. The maximum atomic E-state index is 15.1. The van der Waals surface area contributed by atoms with E-state index < -0.39 is 17.6 Å². The maximum Gasteiger partial charge on any atom is 0.416 e. The summed E-state index contributed by atoms with van der Waals surface area (Å²) in [5.41, 5.74) is 0.241. The lowest BCUT2D eigenvalue weighted by atomic mass is 10.1. The van der Waals surface area contributed by atoms with Crippen LogP contribution < -0.4 is 9.80 Å². The number of halogens is 4. The fourth-order valence-electron chi connectivity index (χ4n) is 4.25. The number of hydrogen-bond donors (Lipinski definition) is 0. The Balaban J connectivity index is 1.57. The van der Waals surface area contributed by atoms with Crippen molar-refractivity contribution in [2.24, 2.45) is 0 Å². The van der Waals surface area contributed by atoms with Crippen LogP contribution in [0, 0.1) is 5.82 Å². The highest BCUT2D eigenvalue weighted by atomic mass is 32.1. The van der Waals surface area contributed by atoms with Gasteiger partial charge in [0.05, 0.1) is 30.1 Å². The van der Waals surface area contributed by atoms with Crippen LogP contribution in [0.1, 0.15) is 24.2 Å². The molecular formula is C24H25F4N7O2S. The van der Waals surface area contributed by atoms with Crippen molar-refractivity contribution >= 4 is 32.8 Å². The van der Waals surface area contributed by atoms with Gasteiger partial charge in [-0.3, -0.25) is 0 Å². The third-order valence-electron chi connectivity index (χ3n) is 5.99. The van der Waals surface area contributed by atoms with Crippen molar-refractivity contribution in [3.05, 3.63) is 47.5 Å². The maximum absolute atomic E-state index is 15.1. The van der Waals surface area contributed by atoms with E-state index in [0.717, 1.165) is 17.7 Å². The molecule has 202 valence electrons. The first-order chi connectivity index (χ1) is 18.0. The van der Waals surface area contributed by atoms with Crippen LogP contribution in [0.25, 0.3) is 21.6 Å². The van der Waals surface area contributed by atoms with Crippen molar-refractivity contribution in [1.82, 2.24) is 24.7 Å². The second-order valence-electron chi connectivity index (χ2n) is 9.18. The standard InChI is InChI=1S/C24H25F4N7O2S/c1-13-9-34(11-18(37-13)14-8-29-35(10-14)12-36-4)22-30-19(20-21(31-22)32-23(38-20)33(2)3)16-6-5-15(7-17(16)25)24(26,27)28/h5-8,10,13,18H,9,11-12H2,1-4H3/t13-,18+/m0/s1. The molecule has 2 atom stereocenters. The number of thiazole rings is 1. The van der Waals surface area contributed by atoms with Crippen molar-refractivity contribution < 1.29 is 27.0 Å². The Hall–Kier alpha value is -3.36. The van der Waals surface area contributed by atoms with Crippen molar-refractivity contribution in [2.75, 3.05) is 44.1 Å². The summed E-state index contributed by atoms with van der Waals surface area (Å²) < 4.78 is 68.0. The monoisotopic (exact) mass is 551 g/mol. The van der Waals surface area contributed by atoms with E-state index in [1.165, 1.54) is 11.3 Å². The van der Waals surface area contributed by atoms with Crippen LogP contribution in [-0.4, -0.2) is 65.1 Å². The molecule has 9 nitrogen and oxygen atoms in total. The number of aromatic nitrogens is 5. The summed E-state index contributed by atoms with van der Waals surface area (Å²) in [4.78, 5) is 17.6. The predicted molar refractivity (Wildman–Crippen MR) is 135 cm³/mol. The van der Waals surface area contributed by atoms with Crippen LogP contribution in [0.15, 0.2) is 30.6 Å². The van der Waals surface area contributed by atoms with Crippen LogP contribution >= 0.6 is 11.3 Å². The fraction of sp³-hybridized carbons (Fsp3) is 0.417. The zero-order chi connectivity index (χ0) is 27.2. The normalized spacial score (nSPS) is 18.4. The highest BCUT2D eigenvalue weighted by molar-refractivity contribution is 7.22. The lowest BCUT2D eigenvalue weighted by molar-refractivity contribution is -0.137. The van der Waals surface area contributed by atoms with Gasteiger partial charge in [-0.05, 0) is 25.1 Å². The molecule has 1 aliphatic heterocycles. The molecule has 0 unspecified atom stereocenters. The van der Waals surface area contributed by atoms with E-state index in [1.807, 2.05) is 32.1 Å². The van der Waals surface area contributed by atoms with Crippen molar-refractivity contribution in [2.45, 2.75) is 32.0 Å². The number of hydrogen-bond acceptors (Lipinski definition) is 9. The van der Waals surface area contributed by atoms with Crippen LogP contribution in [0.2, 0.25) is 0 Å². The summed E-state index contributed by atoms with van der Waals surface area (Å²) in [5, 5.41) is 4.89. The number of ether oxygens (including phenoxy) is 2. The van der Waals surface area contributed by atoms with Gasteiger partial charge in [-0.1, -0.05) is 11.3 Å². The number of anilines is 2. The first kappa shape index (κ1) is 26.3.